The lowest BCUT2D eigenvalue weighted by molar-refractivity contribution is -0.777. The van der Waals surface area contributed by atoms with Gasteiger partial charge in [0.15, 0.2) is 0 Å². The third kappa shape index (κ3) is 5.47. The third-order valence-corrected chi connectivity index (χ3v) is 3.23. The summed E-state index contributed by atoms with van der Waals surface area (Å²) in [5.41, 5.74) is 0. The van der Waals surface area contributed by atoms with Crippen LogP contribution in [0, 0.1) is 0 Å². The molecule has 1 aliphatic rings. The summed E-state index contributed by atoms with van der Waals surface area (Å²) in [5, 5.41) is 8.29. The van der Waals surface area contributed by atoms with E-state index in [1.54, 1.807) is 0 Å². The minimum absolute atomic E-state index is 0.488. The quantitative estimate of drug-likeness (QED) is 0.333. The molecule has 0 spiro atoms. The summed E-state index contributed by atoms with van der Waals surface area (Å²) in [7, 11) is 0. The molecule has 106 valence electrons. The summed E-state index contributed by atoms with van der Waals surface area (Å²) in [4.78, 5) is 11.2. The topological polar surface area (TPSA) is 67.8 Å². The van der Waals surface area contributed by atoms with Crippen LogP contribution < -0.4 is 5.26 Å². The summed E-state index contributed by atoms with van der Waals surface area (Å²) >= 11 is -0.658. The Labute approximate surface area is 108 Å². The van der Waals surface area contributed by atoms with E-state index >= 15 is 0 Å². The normalized spacial score (nSPS) is 19.1. The van der Waals surface area contributed by atoms with Gasteiger partial charge in [-0.05, 0) is 25.7 Å². The van der Waals surface area contributed by atoms with Crippen molar-refractivity contribution >= 4 is 18.0 Å². The predicted molar refractivity (Wildman–Crippen MR) is 56.9 cm³/mol. The number of halogens is 2. The summed E-state index contributed by atoms with van der Waals surface area (Å²) in [5.74, 6) is -1.70. The van der Waals surface area contributed by atoms with E-state index in [-0.39, 0.29) is 0 Å². The van der Waals surface area contributed by atoms with E-state index in [1.807, 2.05) is 0 Å². The number of carbonyl (C=O) groups is 1. The molecule has 0 radical (unpaired) electrons. The highest BCUT2D eigenvalue weighted by Crippen LogP contribution is 2.32. The first kappa shape index (κ1) is 15.6. The smallest absolute Gasteiger partial charge is 0.415 e. The fraction of sp³-hybridized carbons (Fsp3) is 0.900. The van der Waals surface area contributed by atoms with Crippen LogP contribution in [0.3, 0.4) is 0 Å². The van der Waals surface area contributed by atoms with Crippen molar-refractivity contribution in [3.05, 3.63) is 0 Å². The van der Waals surface area contributed by atoms with Gasteiger partial charge in [0.2, 0.25) is 0 Å². The minimum atomic E-state index is -3.94. The molecule has 0 heterocycles. The standard InChI is InChI=1S/C10H16F2O5S/c11-10(12,18-17-16-14)9(13)15-8-6-4-2-1-3-5-7-8/h8,14H,1-7H2/p-1. The Morgan fingerprint density at radius 2 is 1.72 bits per heavy atom. The molecule has 5 nitrogen and oxygen atoms in total. The number of esters is 1. The lowest BCUT2D eigenvalue weighted by Gasteiger charge is -2.22. The van der Waals surface area contributed by atoms with Crippen molar-refractivity contribution in [2.24, 2.45) is 0 Å². The monoisotopic (exact) mass is 285 g/mol. The second kappa shape index (κ2) is 7.88. The molecule has 18 heavy (non-hydrogen) atoms. The molecular weight excluding hydrogens is 270 g/mol. The van der Waals surface area contributed by atoms with E-state index in [4.69, 9.17) is 4.74 Å². The molecule has 0 amide bonds. The Bertz CT molecular complexity index is 257. The van der Waals surface area contributed by atoms with Gasteiger partial charge in [-0.3, -0.25) is 5.04 Å². The SMILES string of the molecule is O=C(OC1CCCCCCC1)C(F)(F)SOO[O-]. The summed E-state index contributed by atoms with van der Waals surface area (Å²) in [6.45, 7) is 0. The highest BCUT2D eigenvalue weighted by molar-refractivity contribution is 7.96. The maximum Gasteiger partial charge on any atom is 0.415 e. The molecule has 0 unspecified atom stereocenters. The fourth-order valence-electron chi connectivity index (χ4n) is 1.85. The maximum atomic E-state index is 13.1. The Morgan fingerprint density at radius 1 is 1.17 bits per heavy atom. The Balaban J connectivity index is 2.40. The Kier molecular flexibility index (Phi) is 6.83. The van der Waals surface area contributed by atoms with Crippen LogP contribution in [0.1, 0.15) is 44.9 Å². The lowest BCUT2D eigenvalue weighted by atomic mass is 9.99. The number of hydrogen-bond donors (Lipinski definition) is 0. The summed E-state index contributed by atoms with van der Waals surface area (Å²) in [6.07, 6.45) is 5.57. The predicted octanol–water partition coefficient (Wildman–Crippen LogP) is 2.11. The molecular formula is C10H15F2O5S-. The number of alkyl halides is 2. The van der Waals surface area contributed by atoms with Crippen molar-refractivity contribution in [3.63, 3.8) is 0 Å². The molecule has 1 rings (SSSR count). The first-order chi connectivity index (χ1) is 8.56. The van der Waals surface area contributed by atoms with Crippen molar-refractivity contribution < 1.29 is 32.9 Å². The van der Waals surface area contributed by atoms with Gasteiger partial charge in [-0.15, -0.1) is 0 Å². The Morgan fingerprint density at radius 3 is 2.28 bits per heavy atom. The fourth-order valence-corrected chi connectivity index (χ4v) is 2.08. The number of hydrogen-bond acceptors (Lipinski definition) is 6. The van der Waals surface area contributed by atoms with Crippen molar-refractivity contribution in [1.82, 2.24) is 0 Å². The number of rotatable bonds is 5. The zero-order valence-electron chi connectivity index (χ0n) is 9.73. The van der Waals surface area contributed by atoms with Crippen LogP contribution >= 0.6 is 12.0 Å². The van der Waals surface area contributed by atoms with E-state index in [2.05, 4.69) is 9.37 Å². The lowest BCUT2D eigenvalue weighted by Crippen LogP contribution is -2.32. The van der Waals surface area contributed by atoms with E-state index in [1.165, 1.54) is 0 Å². The third-order valence-electron chi connectivity index (χ3n) is 2.73. The first-order valence-corrected chi connectivity index (χ1v) is 6.53. The first-order valence-electron chi connectivity index (χ1n) is 5.79. The zero-order valence-corrected chi connectivity index (χ0v) is 10.5. The molecule has 0 aromatic rings. The number of ether oxygens (including phenoxy) is 1. The molecule has 0 aromatic carbocycles. The average molecular weight is 285 g/mol. The summed E-state index contributed by atoms with van der Waals surface area (Å²) < 4.78 is 34.4. The van der Waals surface area contributed by atoms with Gasteiger partial charge in [0.05, 0.1) is 0 Å². The molecule has 0 aliphatic heterocycles. The van der Waals surface area contributed by atoms with Crippen molar-refractivity contribution in [1.29, 1.82) is 0 Å². The zero-order chi connectivity index (χ0) is 13.4. The van der Waals surface area contributed by atoms with Gasteiger partial charge in [-0.1, -0.05) is 19.3 Å². The van der Waals surface area contributed by atoms with Crippen LogP contribution in [-0.2, 0) is 18.9 Å². The summed E-state index contributed by atoms with van der Waals surface area (Å²) in [6, 6.07) is 0. The van der Waals surface area contributed by atoms with E-state index in [0.717, 1.165) is 32.1 Å². The van der Waals surface area contributed by atoms with Gasteiger partial charge in [0.1, 0.15) is 18.1 Å². The van der Waals surface area contributed by atoms with E-state index in [9.17, 15) is 18.8 Å². The van der Waals surface area contributed by atoms with Crippen LogP contribution in [0.5, 0.6) is 0 Å². The van der Waals surface area contributed by atoms with Gasteiger partial charge in [0, 0.05) is 0 Å². The van der Waals surface area contributed by atoms with Crippen LogP contribution in [-0.4, -0.2) is 17.3 Å². The molecule has 1 saturated carbocycles. The molecule has 0 bridgehead atoms. The largest absolute Gasteiger partial charge is 0.691 e. The van der Waals surface area contributed by atoms with Gasteiger partial charge < -0.3 is 9.99 Å². The van der Waals surface area contributed by atoms with Crippen LogP contribution in [0.15, 0.2) is 0 Å². The highest BCUT2D eigenvalue weighted by atomic mass is 32.2. The molecule has 8 heteroatoms. The second-order valence-corrected chi connectivity index (χ2v) is 4.92. The van der Waals surface area contributed by atoms with Crippen LogP contribution in [0.4, 0.5) is 8.78 Å². The van der Waals surface area contributed by atoms with Gasteiger partial charge in [-0.2, -0.15) is 13.1 Å². The molecule has 0 saturated heterocycles. The number of carbonyl (C=O) groups excluding carboxylic acids is 1. The van der Waals surface area contributed by atoms with Gasteiger partial charge in [0.25, 0.3) is 0 Å². The van der Waals surface area contributed by atoms with Crippen molar-refractivity contribution in [2.75, 3.05) is 0 Å². The Hall–Kier alpha value is -0.440. The highest BCUT2D eigenvalue weighted by Gasteiger charge is 2.44. The molecule has 0 N–H and O–H groups in total. The molecule has 1 aliphatic carbocycles. The molecule has 1 fully saturated rings. The van der Waals surface area contributed by atoms with Crippen LogP contribution in [0.2, 0.25) is 0 Å². The molecule has 0 atom stereocenters. The van der Waals surface area contributed by atoms with Gasteiger partial charge in [-0.25, -0.2) is 4.79 Å². The molecule has 0 aromatic heterocycles. The average Bonchev–Trinajstić information content (AvgIpc) is 2.29. The second-order valence-electron chi connectivity index (χ2n) is 4.11. The van der Waals surface area contributed by atoms with E-state index in [0.29, 0.717) is 12.8 Å². The maximum absolute atomic E-state index is 13.1. The van der Waals surface area contributed by atoms with Crippen molar-refractivity contribution in [3.8, 4) is 0 Å². The van der Waals surface area contributed by atoms with E-state index < -0.39 is 29.4 Å². The van der Waals surface area contributed by atoms with Crippen molar-refractivity contribution in [2.45, 2.75) is 56.3 Å². The van der Waals surface area contributed by atoms with Gasteiger partial charge >= 0.3 is 11.2 Å². The minimum Gasteiger partial charge on any atom is -0.691 e. The van der Waals surface area contributed by atoms with Crippen LogP contribution in [0.25, 0.3) is 0 Å².